The van der Waals surface area contributed by atoms with E-state index in [0.717, 1.165) is 25.9 Å². The van der Waals surface area contributed by atoms with E-state index in [-0.39, 0.29) is 11.9 Å². The Morgan fingerprint density at radius 1 is 1.40 bits per heavy atom. The highest BCUT2D eigenvalue weighted by Gasteiger charge is 2.42. The average Bonchev–Trinajstić information content (AvgIpc) is 3.01. The summed E-state index contributed by atoms with van der Waals surface area (Å²) in [6.07, 6.45) is 2.23. The minimum atomic E-state index is 0.0431. The molecule has 1 heterocycles. The van der Waals surface area contributed by atoms with E-state index in [4.69, 9.17) is 22.1 Å². The number of likely N-dealkylation sites (tertiary alicyclic amines) is 1. The van der Waals surface area contributed by atoms with Gasteiger partial charge in [-0.1, -0.05) is 11.6 Å². The zero-order valence-corrected chi connectivity index (χ0v) is 12.3. The maximum atomic E-state index is 12.6. The Bertz CT molecular complexity index is 535. The Kier molecular flexibility index (Phi) is 3.61. The van der Waals surface area contributed by atoms with Crippen LogP contribution in [0.5, 0.6) is 5.75 Å². The summed E-state index contributed by atoms with van der Waals surface area (Å²) < 4.78 is 5.17. The van der Waals surface area contributed by atoms with Crippen molar-refractivity contribution in [3.8, 4) is 5.75 Å². The second-order valence-electron chi connectivity index (χ2n) is 5.72. The van der Waals surface area contributed by atoms with Gasteiger partial charge in [0.25, 0.3) is 5.91 Å². The van der Waals surface area contributed by atoms with Gasteiger partial charge in [0.05, 0.1) is 12.1 Å². The topological polar surface area (TPSA) is 55.6 Å². The summed E-state index contributed by atoms with van der Waals surface area (Å²) in [6.45, 7) is 1.59. The molecule has 3 rings (SSSR count). The molecule has 0 bridgehead atoms. The van der Waals surface area contributed by atoms with Gasteiger partial charge in [0.1, 0.15) is 5.75 Å². The van der Waals surface area contributed by atoms with E-state index in [1.807, 2.05) is 4.90 Å². The fourth-order valence-corrected chi connectivity index (χ4v) is 3.64. The van der Waals surface area contributed by atoms with Crippen LogP contribution in [0.2, 0.25) is 5.02 Å². The smallest absolute Gasteiger partial charge is 0.254 e. The number of nitrogens with zero attached hydrogens (tertiary/aromatic N) is 1. The summed E-state index contributed by atoms with van der Waals surface area (Å²) in [5.74, 6) is 1.62. The van der Waals surface area contributed by atoms with Crippen molar-refractivity contribution in [2.24, 2.45) is 17.6 Å². The van der Waals surface area contributed by atoms with E-state index >= 15 is 0 Å². The third-order valence-corrected chi connectivity index (χ3v) is 4.91. The van der Waals surface area contributed by atoms with Gasteiger partial charge in [0, 0.05) is 24.7 Å². The van der Waals surface area contributed by atoms with Crippen molar-refractivity contribution in [1.29, 1.82) is 0 Å². The molecule has 1 aromatic carbocycles. The van der Waals surface area contributed by atoms with Crippen molar-refractivity contribution in [3.63, 3.8) is 0 Å². The third kappa shape index (κ3) is 2.27. The molecule has 1 aliphatic carbocycles. The standard InChI is InChI=1S/C15H19ClN2O2/c1-20-14-6-9(2-4-12(14)16)15(19)18-7-10-3-5-13(17)11(10)8-18/h2,4,6,10-11,13H,3,5,7-8,17H2,1H3. The molecule has 108 valence electrons. The van der Waals surface area contributed by atoms with Crippen LogP contribution in [0.1, 0.15) is 23.2 Å². The maximum absolute atomic E-state index is 12.6. The predicted octanol–water partition coefficient (Wildman–Crippen LogP) is 2.16. The van der Waals surface area contributed by atoms with E-state index in [1.54, 1.807) is 25.3 Å². The third-order valence-electron chi connectivity index (χ3n) is 4.60. The van der Waals surface area contributed by atoms with Crippen LogP contribution >= 0.6 is 11.6 Å². The fraction of sp³-hybridized carbons (Fsp3) is 0.533. The molecule has 1 aromatic rings. The second kappa shape index (κ2) is 5.26. The minimum absolute atomic E-state index is 0.0431. The molecule has 2 N–H and O–H groups in total. The molecular weight excluding hydrogens is 276 g/mol. The first-order chi connectivity index (χ1) is 9.60. The normalized spacial score (nSPS) is 28.6. The second-order valence-corrected chi connectivity index (χ2v) is 6.13. The number of methoxy groups -OCH3 is 1. The number of carbonyl (C=O) groups is 1. The molecule has 1 saturated carbocycles. The Labute approximate surface area is 123 Å². The van der Waals surface area contributed by atoms with Gasteiger partial charge in [-0.3, -0.25) is 4.79 Å². The van der Waals surface area contributed by atoms with Crippen molar-refractivity contribution in [2.75, 3.05) is 20.2 Å². The first-order valence-corrected chi connectivity index (χ1v) is 7.36. The number of nitrogens with two attached hydrogens (primary N) is 1. The monoisotopic (exact) mass is 294 g/mol. The van der Waals surface area contributed by atoms with Crippen LogP contribution < -0.4 is 10.5 Å². The van der Waals surface area contributed by atoms with Crippen LogP contribution in [-0.2, 0) is 0 Å². The molecule has 5 heteroatoms. The van der Waals surface area contributed by atoms with Crippen LogP contribution in [0, 0.1) is 11.8 Å². The number of hydrogen-bond acceptors (Lipinski definition) is 3. The molecule has 0 spiro atoms. The highest BCUT2D eigenvalue weighted by molar-refractivity contribution is 6.32. The summed E-state index contributed by atoms with van der Waals surface area (Å²) in [4.78, 5) is 14.5. The summed E-state index contributed by atoms with van der Waals surface area (Å²) >= 11 is 5.99. The van der Waals surface area contributed by atoms with Gasteiger partial charge in [-0.15, -0.1) is 0 Å². The molecule has 1 saturated heterocycles. The van der Waals surface area contributed by atoms with Crippen molar-refractivity contribution in [3.05, 3.63) is 28.8 Å². The molecule has 3 atom stereocenters. The van der Waals surface area contributed by atoms with Gasteiger partial charge >= 0.3 is 0 Å². The SMILES string of the molecule is COc1cc(C(=O)N2CC3CCC(N)C3C2)ccc1Cl. The number of benzene rings is 1. The molecule has 1 amide bonds. The van der Waals surface area contributed by atoms with E-state index < -0.39 is 0 Å². The average molecular weight is 295 g/mol. The summed E-state index contributed by atoms with van der Waals surface area (Å²) in [7, 11) is 1.55. The Morgan fingerprint density at radius 3 is 2.90 bits per heavy atom. The van der Waals surface area contributed by atoms with Gasteiger partial charge in [-0.25, -0.2) is 0 Å². The van der Waals surface area contributed by atoms with Gasteiger partial charge in [0.15, 0.2) is 0 Å². The van der Waals surface area contributed by atoms with E-state index in [1.165, 1.54) is 0 Å². The van der Waals surface area contributed by atoms with E-state index in [0.29, 0.717) is 28.2 Å². The number of amides is 1. The van der Waals surface area contributed by atoms with E-state index in [2.05, 4.69) is 0 Å². The zero-order chi connectivity index (χ0) is 14.3. The lowest BCUT2D eigenvalue weighted by atomic mass is 9.98. The van der Waals surface area contributed by atoms with Crippen molar-refractivity contribution in [2.45, 2.75) is 18.9 Å². The van der Waals surface area contributed by atoms with Crippen molar-refractivity contribution in [1.82, 2.24) is 4.90 Å². The summed E-state index contributed by atoms with van der Waals surface area (Å²) in [5, 5.41) is 0.518. The molecular formula is C15H19ClN2O2. The lowest BCUT2D eigenvalue weighted by Gasteiger charge is -2.19. The summed E-state index contributed by atoms with van der Waals surface area (Å²) in [6, 6.07) is 5.41. The fourth-order valence-electron chi connectivity index (χ4n) is 3.45. The minimum Gasteiger partial charge on any atom is -0.495 e. The summed E-state index contributed by atoms with van der Waals surface area (Å²) in [5.41, 5.74) is 6.74. The Balaban J connectivity index is 1.77. The number of halogens is 1. The first kappa shape index (κ1) is 13.7. The van der Waals surface area contributed by atoms with Crippen LogP contribution in [0.25, 0.3) is 0 Å². The highest BCUT2D eigenvalue weighted by Crippen LogP contribution is 2.38. The van der Waals surface area contributed by atoms with Crippen LogP contribution in [-0.4, -0.2) is 37.0 Å². The van der Waals surface area contributed by atoms with Crippen LogP contribution in [0.3, 0.4) is 0 Å². The van der Waals surface area contributed by atoms with Gasteiger partial charge in [-0.2, -0.15) is 0 Å². The quantitative estimate of drug-likeness (QED) is 0.909. The zero-order valence-electron chi connectivity index (χ0n) is 11.5. The van der Waals surface area contributed by atoms with Crippen molar-refractivity contribution < 1.29 is 9.53 Å². The van der Waals surface area contributed by atoms with E-state index in [9.17, 15) is 4.79 Å². The molecule has 20 heavy (non-hydrogen) atoms. The van der Waals surface area contributed by atoms with Crippen molar-refractivity contribution >= 4 is 17.5 Å². The first-order valence-electron chi connectivity index (χ1n) is 6.98. The number of ether oxygens (including phenoxy) is 1. The highest BCUT2D eigenvalue weighted by atomic mass is 35.5. The van der Waals surface area contributed by atoms with Gasteiger partial charge < -0.3 is 15.4 Å². The molecule has 2 aliphatic rings. The number of rotatable bonds is 2. The molecule has 0 aromatic heterocycles. The predicted molar refractivity (Wildman–Crippen MR) is 78.1 cm³/mol. The Hall–Kier alpha value is -1.26. The van der Waals surface area contributed by atoms with Gasteiger partial charge in [0.2, 0.25) is 0 Å². The lowest BCUT2D eigenvalue weighted by Crippen LogP contribution is -2.33. The molecule has 4 nitrogen and oxygen atoms in total. The lowest BCUT2D eigenvalue weighted by molar-refractivity contribution is 0.0779. The molecule has 1 aliphatic heterocycles. The largest absolute Gasteiger partial charge is 0.495 e. The van der Waals surface area contributed by atoms with Crippen LogP contribution in [0.15, 0.2) is 18.2 Å². The number of fused-ring (bicyclic) bond motifs is 1. The number of carbonyl (C=O) groups excluding carboxylic acids is 1. The Morgan fingerprint density at radius 2 is 2.20 bits per heavy atom. The maximum Gasteiger partial charge on any atom is 0.254 e. The molecule has 3 unspecified atom stereocenters. The molecule has 2 fully saturated rings. The number of hydrogen-bond donors (Lipinski definition) is 1. The van der Waals surface area contributed by atoms with Crippen LogP contribution in [0.4, 0.5) is 0 Å². The molecule has 0 radical (unpaired) electrons. The van der Waals surface area contributed by atoms with Gasteiger partial charge in [-0.05, 0) is 42.9 Å².